The number of carbonyl (C=O) groups is 1. The molecule has 7 rings (SSSR count). The highest BCUT2D eigenvalue weighted by Gasteiger charge is 2.49. The second-order valence-corrected chi connectivity index (χ2v) is 12.0. The zero-order valence-corrected chi connectivity index (χ0v) is 24.9. The maximum Gasteiger partial charge on any atom is 0.319 e. The maximum atomic E-state index is 16.8. The van der Waals surface area contributed by atoms with Crippen LogP contribution in [0.3, 0.4) is 0 Å². The number of carbonyl (C=O) groups excluding carboxylic acids is 1. The zero-order chi connectivity index (χ0) is 31.5. The van der Waals surface area contributed by atoms with E-state index in [1.807, 2.05) is 0 Å². The molecule has 45 heavy (non-hydrogen) atoms. The lowest BCUT2D eigenvalue weighted by atomic mass is 9.95. The van der Waals surface area contributed by atoms with Crippen LogP contribution in [0.2, 0.25) is 0 Å². The predicted molar refractivity (Wildman–Crippen MR) is 163 cm³/mol. The van der Waals surface area contributed by atoms with Crippen LogP contribution in [0.5, 0.6) is 11.9 Å². The number of hydrogen-bond acceptors (Lipinski definition) is 8. The lowest BCUT2D eigenvalue weighted by molar-refractivity contribution is -0.127. The molecule has 1 amide bonds. The Hall–Kier alpha value is -4.63. The second kappa shape index (κ2) is 11.1. The number of fused-ring (bicyclic) bond motifs is 2. The van der Waals surface area contributed by atoms with Crippen LogP contribution in [0, 0.1) is 24.0 Å². The summed E-state index contributed by atoms with van der Waals surface area (Å²) in [5.74, 6) is 1.08. The van der Waals surface area contributed by atoms with Gasteiger partial charge in [0.2, 0.25) is 11.8 Å². The first-order valence-electron chi connectivity index (χ1n) is 14.9. The number of anilines is 1. The minimum atomic E-state index is -0.951. The maximum absolute atomic E-state index is 16.8. The first-order valence-corrected chi connectivity index (χ1v) is 14.9. The third-order valence-electron chi connectivity index (χ3n) is 9.06. The van der Waals surface area contributed by atoms with Gasteiger partial charge in [0.05, 0.1) is 24.2 Å². The van der Waals surface area contributed by atoms with E-state index in [-0.39, 0.29) is 77.6 Å². The van der Waals surface area contributed by atoms with Crippen LogP contribution in [-0.2, 0) is 4.79 Å². The molecule has 2 atom stereocenters. The summed E-state index contributed by atoms with van der Waals surface area (Å²) in [5.41, 5.74) is -0.492. The number of nitrogens with zero attached hydrogens (tertiary/aromatic N) is 6. The van der Waals surface area contributed by atoms with Crippen molar-refractivity contribution in [2.45, 2.75) is 31.0 Å². The van der Waals surface area contributed by atoms with E-state index in [0.717, 1.165) is 19.4 Å². The smallest absolute Gasteiger partial charge is 0.319 e. The van der Waals surface area contributed by atoms with Gasteiger partial charge in [-0.05, 0) is 30.8 Å². The van der Waals surface area contributed by atoms with Gasteiger partial charge in [0.1, 0.15) is 47.6 Å². The van der Waals surface area contributed by atoms with Gasteiger partial charge in [-0.3, -0.25) is 9.69 Å². The Bertz CT molecular complexity index is 1900. The van der Waals surface area contributed by atoms with Crippen molar-refractivity contribution in [2.24, 2.45) is 0 Å². The van der Waals surface area contributed by atoms with Gasteiger partial charge in [0.25, 0.3) is 0 Å². The molecule has 2 aromatic carbocycles. The topological polar surface area (TPSA) is 83.9 Å². The van der Waals surface area contributed by atoms with E-state index in [2.05, 4.69) is 25.8 Å². The molecule has 2 aromatic heterocycles. The Morgan fingerprint density at radius 3 is 2.82 bits per heavy atom. The van der Waals surface area contributed by atoms with Gasteiger partial charge in [0.15, 0.2) is 5.82 Å². The lowest BCUT2D eigenvalue weighted by Gasteiger charge is -2.31. The lowest BCUT2D eigenvalue weighted by Crippen LogP contribution is -2.43. The highest BCUT2D eigenvalue weighted by Crippen LogP contribution is 2.43. The van der Waals surface area contributed by atoms with Crippen LogP contribution in [-0.4, -0.2) is 95.9 Å². The Labute approximate surface area is 257 Å². The van der Waals surface area contributed by atoms with Gasteiger partial charge in [-0.25, -0.2) is 18.2 Å². The quantitative estimate of drug-likeness (QED) is 0.296. The van der Waals surface area contributed by atoms with Crippen LogP contribution in [0.25, 0.3) is 32.9 Å². The first kappa shape index (κ1) is 29.1. The van der Waals surface area contributed by atoms with Gasteiger partial charge < -0.3 is 19.3 Å². The summed E-state index contributed by atoms with van der Waals surface area (Å²) in [7, 11) is 3.29. The molecule has 0 bridgehead atoms. The molecule has 0 radical (unpaired) electrons. The van der Waals surface area contributed by atoms with E-state index in [1.165, 1.54) is 11.0 Å². The van der Waals surface area contributed by atoms with Crippen molar-refractivity contribution < 1.29 is 27.4 Å². The summed E-state index contributed by atoms with van der Waals surface area (Å²) in [6.45, 7) is 1.58. The molecule has 12 heteroatoms. The van der Waals surface area contributed by atoms with Gasteiger partial charge in [-0.1, -0.05) is 30.2 Å². The van der Waals surface area contributed by atoms with Crippen LogP contribution in [0.4, 0.5) is 19.0 Å². The number of aromatic nitrogens is 3. The van der Waals surface area contributed by atoms with E-state index < -0.39 is 23.3 Å². The molecule has 5 heterocycles. The average molecular weight is 617 g/mol. The molecule has 0 N–H and O–H groups in total. The largest absolute Gasteiger partial charge is 0.475 e. The Kier molecular flexibility index (Phi) is 7.16. The number of rotatable bonds is 6. The molecule has 0 spiro atoms. The molecule has 2 fully saturated rings. The number of terminal acetylenes is 1. The molecular formula is C33H31F3N6O3. The number of halogens is 3. The van der Waals surface area contributed by atoms with Crippen molar-refractivity contribution in [3.8, 4) is 35.5 Å². The van der Waals surface area contributed by atoms with E-state index in [1.54, 1.807) is 43.3 Å². The number of benzene rings is 2. The van der Waals surface area contributed by atoms with Crippen molar-refractivity contribution in [2.75, 3.05) is 58.4 Å². The van der Waals surface area contributed by atoms with Crippen molar-refractivity contribution in [1.29, 1.82) is 0 Å². The van der Waals surface area contributed by atoms with Gasteiger partial charge in [0, 0.05) is 38.0 Å². The van der Waals surface area contributed by atoms with Gasteiger partial charge >= 0.3 is 6.01 Å². The number of hydrogen-bond donors (Lipinski definition) is 0. The molecule has 0 aliphatic carbocycles. The minimum absolute atomic E-state index is 0.0138. The molecule has 9 nitrogen and oxygen atoms in total. The Morgan fingerprint density at radius 1 is 1.18 bits per heavy atom. The molecule has 3 aliphatic heterocycles. The van der Waals surface area contributed by atoms with E-state index in [9.17, 15) is 13.6 Å². The number of likely N-dealkylation sites (N-methyl/N-ethyl adjacent to an activating group) is 1. The van der Waals surface area contributed by atoms with Crippen molar-refractivity contribution >= 4 is 33.4 Å². The number of amides is 1. The summed E-state index contributed by atoms with van der Waals surface area (Å²) in [6, 6.07) is 7.82. The van der Waals surface area contributed by atoms with Gasteiger partial charge in [-0.2, -0.15) is 9.97 Å². The number of alkyl halides is 1. The fourth-order valence-corrected chi connectivity index (χ4v) is 6.84. The Morgan fingerprint density at radius 2 is 2.02 bits per heavy atom. The van der Waals surface area contributed by atoms with Crippen molar-refractivity contribution in [3.63, 3.8) is 0 Å². The van der Waals surface area contributed by atoms with Crippen LogP contribution in [0.1, 0.15) is 24.8 Å². The highest BCUT2D eigenvalue weighted by molar-refractivity contribution is 6.03. The molecule has 232 valence electrons. The van der Waals surface area contributed by atoms with Gasteiger partial charge in [-0.15, -0.1) is 6.42 Å². The minimum Gasteiger partial charge on any atom is -0.475 e. The molecular weight excluding hydrogens is 585 g/mol. The number of ether oxygens (including phenoxy) is 2. The predicted octanol–water partition coefficient (Wildman–Crippen LogP) is 4.35. The van der Waals surface area contributed by atoms with Crippen LogP contribution >= 0.6 is 0 Å². The summed E-state index contributed by atoms with van der Waals surface area (Å²) >= 11 is 0. The summed E-state index contributed by atoms with van der Waals surface area (Å²) < 4.78 is 58.3. The van der Waals surface area contributed by atoms with E-state index in [0.29, 0.717) is 23.7 Å². The van der Waals surface area contributed by atoms with Crippen LogP contribution in [0.15, 0.2) is 30.3 Å². The van der Waals surface area contributed by atoms with Crippen molar-refractivity contribution in [1.82, 2.24) is 24.8 Å². The van der Waals surface area contributed by atoms with E-state index in [4.69, 9.17) is 15.9 Å². The number of pyridine rings is 1. The first-order chi connectivity index (χ1) is 21.7. The second-order valence-electron chi connectivity index (χ2n) is 12.0. The Balaban J connectivity index is 1.41. The van der Waals surface area contributed by atoms with Crippen molar-refractivity contribution in [3.05, 3.63) is 47.5 Å². The summed E-state index contributed by atoms with van der Waals surface area (Å²) in [6.07, 6.45) is 6.78. The molecule has 2 saturated heterocycles. The fourth-order valence-electron chi connectivity index (χ4n) is 6.84. The molecule has 0 saturated carbocycles. The summed E-state index contributed by atoms with van der Waals surface area (Å²) in [4.78, 5) is 31.8. The monoisotopic (exact) mass is 616 g/mol. The van der Waals surface area contributed by atoms with Crippen LogP contribution < -0.4 is 14.4 Å². The standard InChI is InChI=1S/C33H31F3N6O3/c1-4-21-23(35)10-9-19-7-5-8-22(25(19)21)28-27(36)29-26-30(41(17-24(43)40(2)3)13-14-44-31(26)37-28)39-32(38-29)45-18-33-11-6-12-42(33)16-20(34)15-33/h1,5,7-10,20H,6,11-18H2,2-3H3/t20-,33+/m1/s1. The zero-order valence-electron chi connectivity index (χ0n) is 24.9. The molecule has 0 unspecified atom stereocenters. The third-order valence-corrected chi connectivity index (χ3v) is 9.06. The molecule has 4 aromatic rings. The fraction of sp³-hybridized carbons (Fsp3) is 0.394. The average Bonchev–Trinajstić information content (AvgIpc) is 3.49. The molecule has 3 aliphatic rings. The van der Waals surface area contributed by atoms with E-state index >= 15 is 4.39 Å². The normalized spacial score (nSPS) is 21.0. The SMILES string of the molecule is C#Cc1c(F)ccc2cccc(-c3nc4c5c(nc(OC[C@@]67CCCN6C[C@H](F)C7)nc5c3F)N(CC(=O)N(C)C)CCO4)c12. The third kappa shape index (κ3) is 4.86. The highest BCUT2D eigenvalue weighted by atomic mass is 19.1. The summed E-state index contributed by atoms with van der Waals surface area (Å²) in [5, 5.41) is 1.12.